The number of aromatic nitrogens is 2. The highest BCUT2D eigenvalue weighted by Crippen LogP contribution is 2.18. The Bertz CT molecular complexity index is 948. The summed E-state index contributed by atoms with van der Waals surface area (Å²) < 4.78 is 7.49. The largest absolute Gasteiger partial charge is 0.492 e. The molecule has 0 amide bonds. The van der Waals surface area contributed by atoms with E-state index in [1.165, 1.54) is 0 Å². The van der Waals surface area contributed by atoms with Crippen LogP contribution in [0.4, 0.5) is 11.4 Å². The molecule has 0 fully saturated rings. The maximum absolute atomic E-state index is 12.0. The summed E-state index contributed by atoms with van der Waals surface area (Å²) in [4.78, 5) is 12.0. The van der Waals surface area contributed by atoms with Gasteiger partial charge in [-0.15, -0.1) is 0 Å². The molecule has 0 bridgehead atoms. The van der Waals surface area contributed by atoms with Crippen molar-refractivity contribution in [1.82, 2.24) is 9.78 Å². The summed E-state index contributed by atoms with van der Waals surface area (Å²) in [5, 5.41) is 7.55. The summed E-state index contributed by atoms with van der Waals surface area (Å²) in [7, 11) is 0. The number of rotatable bonds is 9. The number of para-hydroxylation sites is 3. The first-order chi connectivity index (χ1) is 13.6. The van der Waals surface area contributed by atoms with E-state index in [9.17, 15) is 4.79 Å². The lowest BCUT2D eigenvalue weighted by Gasteiger charge is -2.10. The van der Waals surface area contributed by atoms with Crippen LogP contribution in [0, 0.1) is 0 Å². The second-order valence-electron chi connectivity index (χ2n) is 6.36. The van der Waals surface area contributed by atoms with Gasteiger partial charge in [-0.05, 0) is 37.3 Å². The van der Waals surface area contributed by atoms with Crippen LogP contribution in [0.25, 0.3) is 6.08 Å². The summed E-state index contributed by atoms with van der Waals surface area (Å²) in [5.41, 5.74) is 8.92. The number of hydrogen-bond donors (Lipinski definition) is 2. The predicted molar refractivity (Wildman–Crippen MR) is 112 cm³/mol. The van der Waals surface area contributed by atoms with Gasteiger partial charge in [-0.2, -0.15) is 5.10 Å². The van der Waals surface area contributed by atoms with Crippen LogP contribution in [0.2, 0.25) is 0 Å². The predicted octanol–water partition coefficient (Wildman–Crippen LogP) is 3.63. The number of benzene rings is 2. The van der Waals surface area contributed by atoms with E-state index in [2.05, 4.69) is 10.4 Å². The van der Waals surface area contributed by atoms with E-state index in [-0.39, 0.29) is 5.78 Å². The van der Waals surface area contributed by atoms with Crippen LogP contribution in [-0.4, -0.2) is 28.7 Å². The molecule has 0 unspecified atom stereocenters. The number of ketones is 1. The summed E-state index contributed by atoms with van der Waals surface area (Å²) in [5.74, 6) is 0.835. The van der Waals surface area contributed by atoms with Crippen LogP contribution in [-0.2, 0) is 11.3 Å². The van der Waals surface area contributed by atoms with Crippen molar-refractivity contribution >= 4 is 23.2 Å². The highest BCUT2D eigenvalue weighted by Gasteiger charge is 2.07. The average molecular weight is 376 g/mol. The molecule has 144 valence electrons. The summed E-state index contributed by atoms with van der Waals surface area (Å²) in [6, 6.07) is 17.1. The van der Waals surface area contributed by atoms with Gasteiger partial charge >= 0.3 is 0 Å². The number of Topliss-reactive ketones (excluding diaryl/α,β-unsaturated/α-hetero) is 1. The molecule has 6 heteroatoms. The van der Waals surface area contributed by atoms with Crippen molar-refractivity contribution in [1.29, 1.82) is 0 Å². The number of nitrogens with zero attached hydrogens (tertiary/aromatic N) is 2. The number of carbonyl (C=O) groups is 1. The topological polar surface area (TPSA) is 82.2 Å². The lowest BCUT2D eigenvalue weighted by molar-refractivity contribution is -0.113. The fourth-order valence-corrected chi connectivity index (χ4v) is 2.68. The first-order valence-corrected chi connectivity index (χ1v) is 9.12. The Morgan fingerprint density at radius 1 is 1.18 bits per heavy atom. The average Bonchev–Trinajstić information content (AvgIpc) is 3.14. The van der Waals surface area contributed by atoms with E-state index in [1.54, 1.807) is 17.8 Å². The van der Waals surface area contributed by atoms with Gasteiger partial charge in [0.2, 0.25) is 0 Å². The highest BCUT2D eigenvalue weighted by atomic mass is 16.5. The third-order valence-electron chi connectivity index (χ3n) is 4.21. The first-order valence-electron chi connectivity index (χ1n) is 9.12. The molecule has 1 aromatic heterocycles. The van der Waals surface area contributed by atoms with Crippen molar-refractivity contribution < 1.29 is 9.53 Å². The molecule has 0 spiro atoms. The van der Waals surface area contributed by atoms with Gasteiger partial charge in [0.25, 0.3) is 0 Å². The van der Waals surface area contributed by atoms with E-state index < -0.39 is 0 Å². The fraction of sp³-hybridized carbons (Fsp3) is 0.182. The minimum absolute atomic E-state index is 0.00200. The van der Waals surface area contributed by atoms with Gasteiger partial charge in [0, 0.05) is 23.9 Å². The van der Waals surface area contributed by atoms with Crippen LogP contribution >= 0.6 is 0 Å². The van der Waals surface area contributed by atoms with Gasteiger partial charge in [0.1, 0.15) is 12.4 Å². The molecule has 2 aromatic carbocycles. The van der Waals surface area contributed by atoms with Gasteiger partial charge in [-0.25, -0.2) is 0 Å². The molecule has 3 rings (SSSR count). The van der Waals surface area contributed by atoms with E-state index in [0.29, 0.717) is 31.0 Å². The Kier molecular flexibility index (Phi) is 6.46. The maximum atomic E-state index is 12.0. The van der Waals surface area contributed by atoms with E-state index in [4.69, 9.17) is 10.5 Å². The Labute approximate surface area is 164 Å². The van der Waals surface area contributed by atoms with E-state index in [0.717, 1.165) is 17.0 Å². The second kappa shape index (κ2) is 9.41. The minimum Gasteiger partial charge on any atom is -0.492 e. The molecule has 0 aliphatic rings. The Balaban J connectivity index is 1.58. The standard InChI is InChI=1S/C22H24N4O2/c1-17(27)19(15-24-22-10-6-5-9-21(22)23)13-18-14-25-26(16-18)11-12-28-20-7-3-2-4-8-20/h2-10,13-14,16,24H,11-12,15,23H2,1H3. The molecular formula is C22H24N4O2. The van der Waals surface area contributed by atoms with Crippen LogP contribution in [0.5, 0.6) is 5.75 Å². The van der Waals surface area contributed by atoms with Crippen LogP contribution < -0.4 is 15.8 Å². The normalized spacial score (nSPS) is 11.2. The summed E-state index contributed by atoms with van der Waals surface area (Å²) in [6.07, 6.45) is 5.48. The van der Waals surface area contributed by atoms with Gasteiger partial charge in [0.05, 0.1) is 24.1 Å². The molecule has 6 nitrogen and oxygen atoms in total. The Morgan fingerprint density at radius 2 is 1.93 bits per heavy atom. The zero-order valence-electron chi connectivity index (χ0n) is 15.8. The third kappa shape index (κ3) is 5.48. The molecule has 28 heavy (non-hydrogen) atoms. The van der Waals surface area contributed by atoms with Crippen molar-refractivity contribution in [3.05, 3.63) is 78.1 Å². The highest BCUT2D eigenvalue weighted by molar-refractivity contribution is 5.98. The third-order valence-corrected chi connectivity index (χ3v) is 4.21. The van der Waals surface area contributed by atoms with Crippen molar-refractivity contribution in [3.8, 4) is 5.75 Å². The smallest absolute Gasteiger partial charge is 0.157 e. The van der Waals surface area contributed by atoms with Gasteiger partial charge < -0.3 is 15.8 Å². The Hall–Kier alpha value is -3.54. The van der Waals surface area contributed by atoms with E-state index >= 15 is 0 Å². The molecule has 3 N–H and O–H groups in total. The first kappa shape index (κ1) is 19.2. The molecule has 0 aliphatic carbocycles. The van der Waals surface area contributed by atoms with Crippen molar-refractivity contribution in [2.24, 2.45) is 0 Å². The van der Waals surface area contributed by atoms with Gasteiger partial charge in [0.15, 0.2) is 5.78 Å². The quantitative estimate of drug-likeness (QED) is 0.440. The van der Waals surface area contributed by atoms with E-state index in [1.807, 2.05) is 66.9 Å². The number of nitrogen functional groups attached to an aromatic ring is 1. The van der Waals surface area contributed by atoms with Crippen LogP contribution in [0.1, 0.15) is 12.5 Å². The van der Waals surface area contributed by atoms with Gasteiger partial charge in [-0.3, -0.25) is 9.48 Å². The van der Waals surface area contributed by atoms with Crippen LogP contribution in [0.15, 0.2) is 72.6 Å². The number of hydrogen-bond acceptors (Lipinski definition) is 5. The fourth-order valence-electron chi connectivity index (χ4n) is 2.68. The van der Waals surface area contributed by atoms with Crippen molar-refractivity contribution in [2.45, 2.75) is 13.5 Å². The molecule has 0 atom stereocenters. The molecule has 0 radical (unpaired) electrons. The number of nitrogens with two attached hydrogens (primary N) is 1. The zero-order chi connectivity index (χ0) is 19.8. The van der Waals surface area contributed by atoms with Gasteiger partial charge in [-0.1, -0.05) is 30.3 Å². The molecule has 0 aliphatic heterocycles. The van der Waals surface area contributed by atoms with Crippen LogP contribution in [0.3, 0.4) is 0 Å². The molecule has 1 heterocycles. The second-order valence-corrected chi connectivity index (χ2v) is 6.36. The maximum Gasteiger partial charge on any atom is 0.157 e. The number of anilines is 2. The van der Waals surface area contributed by atoms with Crippen molar-refractivity contribution in [2.75, 3.05) is 24.2 Å². The Morgan fingerprint density at radius 3 is 2.68 bits per heavy atom. The lowest BCUT2D eigenvalue weighted by atomic mass is 10.1. The molecule has 0 saturated heterocycles. The lowest BCUT2D eigenvalue weighted by Crippen LogP contribution is -2.11. The monoisotopic (exact) mass is 376 g/mol. The zero-order valence-corrected chi connectivity index (χ0v) is 15.8. The summed E-state index contributed by atoms with van der Waals surface area (Å²) in [6.45, 7) is 3.09. The SMILES string of the molecule is CC(=O)C(=Cc1cnn(CCOc2ccccc2)c1)CNc1ccccc1N. The van der Waals surface area contributed by atoms with Crippen molar-refractivity contribution in [3.63, 3.8) is 0 Å². The molecule has 0 saturated carbocycles. The molecule has 3 aromatic rings. The minimum atomic E-state index is 0.00200. The summed E-state index contributed by atoms with van der Waals surface area (Å²) >= 11 is 0. The molecular weight excluding hydrogens is 352 g/mol. The number of ether oxygens (including phenoxy) is 1. The number of carbonyl (C=O) groups excluding carboxylic acids is 1. The number of nitrogens with one attached hydrogen (secondary N) is 1.